The lowest BCUT2D eigenvalue weighted by atomic mass is 10.1. The van der Waals surface area contributed by atoms with E-state index >= 15 is 0 Å². The molecule has 1 N–H and O–H groups in total. The second-order valence-corrected chi connectivity index (χ2v) is 6.63. The number of anilines is 1. The summed E-state index contributed by atoms with van der Waals surface area (Å²) in [5.74, 6) is -0.513. The van der Waals surface area contributed by atoms with Crippen molar-refractivity contribution in [2.24, 2.45) is 0 Å². The number of ether oxygens (including phenoxy) is 1. The second kappa shape index (κ2) is 8.06. The molecule has 1 aromatic heterocycles. The van der Waals surface area contributed by atoms with Gasteiger partial charge in [0.2, 0.25) is 5.91 Å². The highest BCUT2D eigenvalue weighted by atomic mass is 16.5. The number of methoxy groups -OCH3 is 1. The van der Waals surface area contributed by atoms with E-state index in [0.29, 0.717) is 46.2 Å². The number of hydrogen-bond donors (Lipinski definition) is 1. The van der Waals surface area contributed by atoms with Crippen LogP contribution in [0.4, 0.5) is 5.69 Å². The standard InChI is InChI=1S/C23H19N3O3/c1-29-23(28)17-8-5-9-19-22(17)26-18-12-11-16(14-20(18)25-19)24-21(27)13-10-15-6-3-2-4-7-15/h2-9,11-12,14H,10,13H2,1H3,(H,24,27). The number of aromatic nitrogens is 2. The Morgan fingerprint density at radius 3 is 2.52 bits per heavy atom. The van der Waals surface area contributed by atoms with E-state index in [0.717, 1.165) is 5.56 Å². The molecule has 0 bridgehead atoms. The van der Waals surface area contributed by atoms with Crippen LogP contribution in [0.2, 0.25) is 0 Å². The fourth-order valence-electron chi connectivity index (χ4n) is 3.18. The highest BCUT2D eigenvalue weighted by Gasteiger charge is 2.13. The fourth-order valence-corrected chi connectivity index (χ4v) is 3.18. The Balaban J connectivity index is 1.56. The molecule has 0 saturated heterocycles. The lowest BCUT2D eigenvalue weighted by molar-refractivity contribution is -0.116. The number of fused-ring (bicyclic) bond motifs is 2. The highest BCUT2D eigenvalue weighted by molar-refractivity contribution is 6.03. The molecule has 144 valence electrons. The number of nitrogens with zero attached hydrogens (tertiary/aromatic N) is 2. The number of hydrogen-bond acceptors (Lipinski definition) is 5. The number of esters is 1. The summed E-state index contributed by atoms with van der Waals surface area (Å²) >= 11 is 0. The number of para-hydroxylation sites is 1. The number of aryl methyl sites for hydroxylation is 1. The SMILES string of the molecule is COC(=O)c1cccc2nc3cc(NC(=O)CCc4ccccc4)ccc3nc12. The maximum atomic E-state index is 12.3. The first-order chi connectivity index (χ1) is 14.1. The summed E-state index contributed by atoms with van der Waals surface area (Å²) in [5.41, 5.74) is 4.52. The molecule has 3 aromatic carbocycles. The summed E-state index contributed by atoms with van der Waals surface area (Å²) in [6, 6.07) is 20.4. The third-order valence-electron chi connectivity index (χ3n) is 4.64. The molecule has 0 fully saturated rings. The molecule has 6 heteroatoms. The molecule has 1 amide bonds. The number of rotatable bonds is 5. The van der Waals surface area contributed by atoms with Gasteiger partial charge >= 0.3 is 5.97 Å². The van der Waals surface area contributed by atoms with E-state index in [9.17, 15) is 9.59 Å². The zero-order chi connectivity index (χ0) is 20.2. The van der Waals surface area contributed by atoms with E-state index in [1.54, 1.807) is 36.4 Å². The van der Waals surface area contributed by atoms with Crippen molar-refractivity contribution in [3.05, 3.63) is 77.9 Å². The zero-order valence-electron chi connectivity index (χ0n) is 15.9. The van der Waals surface area contributed by atoms with Crippen LogP contribution in [0.25, 0.3) is 22.1 Å². The van der Waals surface area contributed by atoms with Gasteiger partial charge < -0.3 is 10.1 Å². The van der Waals surface area contributed by atoms with E-state index in [-0.39, 0.29) is 5.91 Å². The molecular weight excluding hydrogens is 366 g/mol. The van der Waals surface area contributed by atoms with E-state index in [4.69, 9.17) is 4.74 Å². The van der Waals surface area contributed by atoms with Crippen LogP contribution in [-0.2, 0) is 16.0 Å². The summed E-state index contributed by atoms with van der Waals surface area (Å²) in [7, 11) is 1.34. The minimum absolute atomic E-state index is 0.0603. The number of carbonyl (C=O) groups excluding carboxylic acids is 2. The van der Waals surface area contributed by atoms with Gasteiger partial charge in [0.15, 0.2) is 0 Å². The smallest absolute Gasteiger partial charge is 0.340 e. The van der Waals surface area contributed by atoms with Gasteiger partial charge in [-0.15, -0.1) is 0 Å². The monoisotopic (exact) mass is 385 g/mol. The van der Waals surface area contributed by atoms with Crippen LogP contribution in [0.15, 0.2) is 66.7 Å². The van der Waals surface area contributed by atoms with Crippen LogP contribution in [-0.4, -0.2) is 29.0 Å². The normalized spacial score (nSPS) is 10.8. The third-order valence-corrected chi connectivity index (χ3v) is 4.64. The molecule has 0 aliphatic heterocycles. The molecule has 4 rings (SSSR count). The number of nitrogens with one attached hydrogen (secondary N) is 1. The van der Waals surface area contributed by atoms with Crippen molar-refractivity contribution >= 4 is 39.6 Å². The molecule has 0 saturated carbocycles. The highest BCUT2D eigenvalue weighted by Crippen LogP contribution is 2.22. The molecule has 29 heavy (non-hydrogen) atoms. The van der Waals surface area contributed by atoms with Gasteiger partial charge in [0.1, 0.15) is 5.52 Å². The van der Waals surface area contributed by atoms with Crippen LogP contribution in [0.1, 0.15) is 22.3 Å². The van der Waals surface area contributed by atoms with Crippen molar-refractivity contribution in [2.75, 3.05) is 12.4 Å². The van der Waals surface area contributed by atoms with Crippen molar-refractivity contribution in [3.8, 4) is 0 Å². The molecule has 0 atom stereocenters. The Bertz CT molecular complexity index is 1210. The lowest BCUT2D eigenvalue weighted by Crippen LogP contribution is -2.12. The molecule has 4 aromatic rings. The Morgan fingerprint density at radius 1 is 0.897 bits per heavy atom. The van der Waals surface area contributed by atoms with Gasteiger partial charge in [-0.25, -0.2) is 14.8 Å². The average molecular weight is 385 g/mol. The molecule has 6 nitrogen and oxygen atoms in total. The topological polar surface area (TPSA) is 81.2 Å². The summed E-state index contributed by atoms with van der Waals surface area (Å²) in [4.78, 5) is 33.4. The Hall–Kier alpha value is -3.80. The van der Waals surface area contributed by atoms with Crippen molar-refractivity contribution in [1.29, 1.82) is 0 Å². The number of benzene rings is 3. The molecule has 0 spiro atoms. The van der Waals surface area contributed by atoms with Crippen LogP contribution in [0, 0.1) is 0 Å². The second-order valence-electron chi connectivity index (χ2n) is 6.63. The maximum absolute atomic E-state index is 12.3. The first kappa shape index (κ1) is 18.6. The fraction of sp³-hybridized carbons (Fsp3) is 0.130. The molecule has 0 unspecified atom stereocenters. The van der Waals surface area contributed by atoms with Gasteiger partial charge in [-0.1, -0.05) is 36.4 Å². The summed E-state index contributed by atoms with van der Waals surface area (Å²) < 4.78 is 4.82. The van der Waals surface area contributed by atoms with Gasteiger partial charge in [-0.2, -0.15) is 0 Å². The molecular formula is C23H19N3O3. The van der Waals surface area contributed by atoms with Gasteiger partial charge in [0.25, 0.3) is 0 Å². The van der Waals surface area contributed by atoms with E-state index in [1.807, 2.05) is 30.3 Å². The zero-order valence-corrected chi connectivity index (χ0v) is 15.9. The summed E-state index contributed by atoms with van der Waals surface area (Å²) in [5, 5.41) is 2.91. The van der Waals surface area contributed by atoms with Crippen LogP contribution in [0.3, 0.4) is 0 Å². The van der Waals surface area contributed by atoms with Crippen LogP contribution < -0.4 is 5.32 Å². The van der Waals surface area contributed by atoms with Gasteiger partial charge in [0.05, 0.1) is 29.2 Å². The average Bonchev–Trinajstić information content (AvgIpc) is 2.76. The van der Waals surface area contributed by atoms with Gasteiger partial charge in [-0.3, -0.25) is 4.79 Å². The lowest BCUT2D eigenvalue weighted by Gasteiger charge is -2.08. The minimum atomic E-state index is -0.452. The molecule has 0 aliphatic carbocycles. The minimum Gasteiger partial charge on any atom is -0.465 e. The predicted octanol–water partition coefficient (Wildman–Crippen LogP) is 4.14. The van der Waals surface area contributed by atoms with Gasteiger partial charge in [0, 0.05) is 12.1 Å². The molecule has 0 aliphatic rings. The Labute approximate surface area is 167 Å². The first-order valence-electron chi connectivity index (χ1n) is 9.26. The largest absolute Gasteiger partial charge is 0.465 e. The number of carbonyl (C=O) groups is 2. The van der Waals surface area contributed by atoms with Crippen molar-refractivity contribution in [1.82, 2.24) is 9.97 Å². The predicted molar refractivity (Wildman–Crippen MR) is 112 cm³/mol. The van der Waals surface area contributed by atoms with Crippen LogP contribution in [0.5, 0.6) is 0 Å². The molecule has 0 radical (unpaired) electrons. The van der Waals surface area contributed by atoms with Crippen molar-refractivity contribution in [3.63, 3.8) is 0 Å². The Morgan fingerprint density at radius 2 is 1.72 bits per heavy atom. The summed E-state index contributed by atoms with van der Waals surface area (Å²) in [6.45, 7) is 0. The molecule has 1 heterocycles. The van der Waals surface area contributed by atoms with E-state index < -0.39 is 5.97 Å². The van der Waals surface area contributed by atoms with Crippen molar-refractivity contribution in [2.45, 2.75) is 12.8 Å². The quantitative estimate of drug-likeness (QED) is 0.412. The maximum Gasteiger partial charge on any atom is 0.340 e. The van der Waals surface area contributed by atoms with E-state index in [2.05, 4.69) is 15.3 Å². The van der Waals surface area contributed by atoms with Crippen molar-refractivity contribution < 1.29 is 14.3 Å². The Kier molecular flexibility index (Phi) is 5.16. The first-order valence-corrected chi connectivity index (χ1v) is 9.26. The third kappa shape index (κ3) is 4.06. The summed E-state index contributed by atoms with van der Waals surface area (Å²) in [6.07, 6.45) is 1.08. The number of amides is 1. The van der Waals surface area contributed by atoms with E-state index in [1.165, 1.54) is 7.11 Å². The van der Waals surface area contributed by atoms with Gasteiger partial charge in [-0.05, 0) is 42.3 Å². The van der Waals surface area contributed by atoms with Crippen LogP contribution >= 0.6 is 0 Å².